The normalized spacial score (nSPS) is 23.0. The number of hydrogen-bond donors (Lipinski definition) is 2. The number of carbonyl (C=O) groups excluding carboxylic acids is 1. The van der Waals surface area contributed by atoms with E-state index in [0.717, 1.165) is 38.4 Å². The summed E-state index contributed by atoms with van der Waals surface area (Å²) in [6, 6.07) is 4.14. The second kappa shape index (κ2) is 5.72. The minimum atomic E-state index is -0.838. The molecule has 114 valence electrons. The molecule has 1 spiro atoms. The molecule has 5 heteroatoms. The summed E-state index contributed by atoms with van der Waals surface area (Å²) in [5.74, 6) is -1.48. The molecule has 1 saturated carbocycles. The van der Waals surface area contributed by atoms with Crippen molar-refractivity contribution in [1.29, 1.82) is 0 Å². The summed E-state index contributed by atoms with van der Waals surface area (Å²) in [6.07, 6.45) is 3.40. The van der Waals surface area contributed by atoms with Crippen LogP contribution in [0, 0.1) is 23.0 Å². The Morgan fingerprint density at radius 1 is 1.33 bits per heavy atom. The van der Waals surface area contributed by atoms with Crippen molar-refractivity contribution in [3.8, 4) is 0 Å². The van der Waals surface area contributed by atoms with E-state index in [-0.39, 0.29) is 17.2 Å². The number of piperidine rings is 1. The van der Waals surface area contributed by atoms with E-state index in [1.54, 1.807) is 6.07 Å². The number of amides is 1. The fourth-order valence-electron chi connectivity index (χ4n) is 3.38. The molecule has 1 aliphatic carbocycles. The lowest BCUT2D eigenvalue weighted by Crippen LogP contribution is -2.34. The van der Waals surface area contributed by atoms with Gasteiger partial charge < -0.3 is 10.6 Å². The molecule has 1 aromatic rings. The van der Waals surface area contributed by atoms with Crippen molar-refractivity contribution < 1.29 is 13.6 Å². The molecule has 1 aliphatic heterocycles. The molecule has 1 atom stereocenters. The van der Waals surface area contributed by atoms with E-state index in [4.69, 9.17) is 0 Å². The molecule has 2 N–H and O–H groups in total. The minimum absolute atomic E-state index is 0.0636. The van der Waals surface area contributed by atoms with Gasteiger partial charge in [-0.3, -0.25) is 4.79 Å². The van der Waals surface area contributed by atoms with Crippen molar-refractivity contribution in [3.05, 3.63) is 35.4 Å². The fraction of sp³-hybridized carbons (Fsp3) is 0.562. The molecule has 0 bridgehead atoms. The van der Waals surface area contributed by atoms with Gasteiger partial charge in [0, 0.05) is 12.5 Å². The largest absolute Gasteiger partial charge is 0.356 e. The Labute approximate surface area is 123 Å². The van der Waals surface area contributed by atoms with E-state index in [2.05, 4.69) is 10.6 Å². The highest BCUT2D eigenvalue weighted by Crippen LogP contribution is 2.58. The molecule has 1 heterocycles. The smallest absolute Gasteiger partial charge is 0.223 e. The molecule has 21 heavy (non-hydrogen) atoms. The molecule has 3 nitrogen and oxygen atoms in total. The van der Waals surface area contributed by atoms with Crippen molar-refractivity contribution in [2.75, 3.05) is 19.6 Å². The zero-order chi connectivity index (χ0) is 14.9. The van der Waals surface area contributed by atoms with Crippen LogP contribution in [0.2, 0.25) is 0 Å². The van der Waals surface area contributed by atoms with Crippen molar-refractivity contribution in [2.24, 2.45) is 11.3 Å². The van der Waals surface area contributed by atoms with Crippen molar-refractivity contribution in [2.45, 2.75) is 25.7 Å². The summed E-state index contributed by atoms with van der Waals surface area (Å²) in [4.78, 5) is 12.1. The van der Waals surface area contributed by atoms with Gasteiger partial charge in [-0.25, -0.2) is 8.78 Å². The highest BCUT2D eigenvalue weighted by atomic mass is 19.2. The Kier molecular flexibility index (Phi) is 3.93. The fourth-order valence-corrected chi connectivity index (χ4v) is 3.38. The number of halogens is 2. The average molecular weight is 294 g/mol. The van der Waals surface area contributed by atoms with Crippen LogP contribution in [0.3, 0.4) is 0 Å². The Bertz CT molecular complexity index is 541. The van der Waals surface area contributed by atoms with Gasteiger partial charge in [0.15, 0.2) is 11.6 Å². The van der Waals surface area contributed by atoms with Crippen LogP contribution < -0.4 is 10.6 Å². The van der Waals surface area contributed by atoms with Crippen LogP contribution >= 0.6 is 0 Å². The van der Waals surface area contributed by atoms with Gasteiger partial charge in [-0.15, -0.1) is 0 Å². The molecule has 0 radical (unpaired) electrons. The van der Waals surface area contributed by atoms with E-state index in [1.165, 1.54) is 6.07 Å². The maximum atomic E-state index is 13.5. The number of carbonyl (C=O) groups is 1. The number of rotatable bonds is 4. The van der Waals surface area contributed by atoms with Crippen LogP contribution in [-0.2, 0) is 11.2 Å². The van der Waals surface area contributed by atoms with Crippen LogP contribution in [0.4, 0.5) is 8.78 Å². The standard InChI is InChI=1S/C16H20F2N2O/c17-13-3-1-2-11(14(13)18)4-7-20-15(21)12-10-16(12)5-8-19-9-6-16/h1-3,12,19H,4-10H2,(H,20,21). The SMILES string of the molecule is O=C(NCCc1cccc(F)c1F)C1CC12CCNCC2. The van der Waals surface area contributed by atoms with Crippen molar-refractivity contribution in [1.82, 2.24) is 10.6 Å². The molecule has 1 aromatic carbocycles. The summed E-state index contributed by atoms with van der Waals surface area (Å²) in [5, 5.41) is 6.17. The van der Waals surface area contributed by atoms with Crippen LogP contribution in [0.25, 0.3) is 0 Å². The predicted molar refractivity (Wildman–Crippen MR) is 75.7 cm³/mol. The van der Waals surface area contributed by atoms with Gasteiger partial charge in [0.05, 0.1) is 0 Å². The topological polar surface area (TPSA) is 41.1 Å². The van der Waals surface area contributed by atoms with Gasteiger partial charge in [-0.1, -0.05) is 12.1 Å². The summed E-state index contributed by atoms with van der Waals surface area (Å²) >= 11 is 0. The number of hydrogen-bond acceptors (Lipinski definition) is 2. The van der Waals surface area contributed by atoms with E-state index in [1.807, 2.05) is 0 Å². The first kappa shape index (κ1) is 14.4. The van der Waals surface area contributed by atoms with Crippen molar-refractivity contribution >= 4 is 5.91 Å². The minimum Gasteiger partial charge on any atom is -0.356 e. The van der Waals surface area contributed by atoms with Crippen molar-refractivity contribution in [3.63, 3.8) is 0 Å². The Morgan fingerprint density at radius 3 is 2.86 bits per heavy atom. The first-order chi connectivity index (χ1) is 10.1. The first-order valence-corrected chi connectivity index (χ1v) is 7.54. The lowest BCUT2D eigenvalue weighted by Gasteiger charge is -2.23. The molecular formula is C16H20F2N2O. The Morgan fingerprint density at radius 2 is 2.10 bits per heavy atom. The lowest BCUT2D eigenvalue weighted by molar-refractivity contribution is -0.123. The second-order valence-corrected chi connectivity index (χ2v) is 6.12. The highest BCUT2D eigenvalue weighted by molar-refractivity contribution is 5.82. The van der Waals surface area contributed by atoms with Gasteiger partial charge in [-0.2, -0.15) is 0 Å². The maximum Gasteiger partial charge on any atom is 0.223 e. The molecule has 0 aromatic heterocycles. The van der Waals surface area contributed by atoms with E-state index < -0.39 is 11.6 Å². The van der Waals surface area contributed by atoms with Crippen LogP contribution in [0.5, 0.6) is 0 Å². The lowest BCUT2D eigenvalue weighted by atomic mass is 9.92. The molecule has 2 aliphatic rings. The number of benzene rings is 1. The monoisotopic (exact) mass is 294 g/mol. The van der Waals surface area contributed by atoms with Gasteiger partial charge in [0.2, 0.25) is 5.91 Å². The third-order valence-electron chi connectivity index (χ3n) is 4.83. The Hall–Kier alpha value is -1.49. The molecule has 3 rings (SSSR count). The van der Waals surface area contributed by atoms with Crippen LogP contribution in [-0.4, -0.2) is 25.5 Å². The molecule has 2 fully saturated rings. The highest BCUT2D eigenvalue weighted by Gasteiger charge is 2.57. The summed E-state index contributed by atoms with van der Waals surface area (Å²) < 4.78 is 26.6. The molecule has 1 amide bonds. The zero-order valence-electron chi connectivity index (χ0n) is 11.9. The summed E-state index contributed by atoms with van der Waals surface area (Å²) in [6.45, 7) is 2.32. The summed E-state index contributed by atoms with van der Waals surface area (Å²) in [7, 11) is 0. The van der Waals surface area contributed by atoms with Crippen LogP contribution in [0.15, 0.2) is 18.2 Å². The molecular weight excluding hydrogens is 274 g/mol. The van der Waals surface area contributed by atoms with E-state index in [0.29, 0.717) is 18.5 Å². The van der Waals surface area contributed by atoms with Gasteiger partial charge in [-0.05, 0) is 55.8 Å². The Balaban J connectivity index is 1.48. The quantitative estimate of drug-likeness (QED) is 0.892. The third kappa shape index (κ3) is 2.93. The maximum absolute atomic E-state index is 13.5. The van der Waals surface area contributed by atoms with E-state index in [9.17, 15) is 13.6 Å². The number of nitrogens with one attached hydrogen (secondary N) is 2. The predicted octanol–water partition coefficient (Wildman–Crippen LogP) is 2.01. The average Bonchev–Trinajstić information content (AvgIpc) is 3.17. The summed E-state index contributed by atoms with van der Waals surface area (Å²) in [5.41, 5.74) is 0.516. The van der Waals surface area contributed by atoms with Gasteiger partial charge in [0.25, 0.3) is 0 Å². The van der Waals surface area contributed by atoms with Crippen LogP contribution in [0.1, 0.15) is 24.8 Å². The van der Waals surface area contributed by atoms with E-state index >= 15 is 0 Å². The second-order valence-electron chi connectivity index (χ2n) is 6.12. The van der Waals surface area contributed by atoms with Gasteiger partial charge in [0.1, 0.15) is 0 Å². The third-order valence-corrected chi connectivity index (χ3v) is 4.83. The van der Waals surface area contributed by atoms with Gasteiger partial charge >= 0.3 is 0 Å². The first-order valence-electron chi connectivity index (χ1n) is 7.54. The molecule has 1 saturated heterocycles. The zero-order valence-corrected chi connectivity index (χ0v) is 11.9. The molecule has 1 unspecified atom stereocenters.